The highest BCUT2D eigenvalue weighted by molar-refractivity contribution is 5.71. The largest absolute Gasteiger partial charge is 0.399 e. The van der Waals surface area contributed by atoms with E-state index in [2.05, 4.69) is 55.5 Å². The van der Waals surface area contributed by atoms with Crippen molar-refractivity contribution in [2.75, 3.05) is 0 Å². The molecular weight excluding hydrogens is 206 g/mol. The Morgan fingerprint density at radius 2 is 2.06 bits per heavy atom. The van der Waals surface area contributed by atoms with Crippen LogP contribution in [-0.2, 0) is 0 Å². The molecule has 0 aromatic heterocycles. The molecule has 0 spiro atoms. The van der Waals surface area contributed by atoms with Crippen molar-refractivity contribution in [3.8, 4) is 0 Å². The Morgan fingerprint density at radius 1 is 1.29 bits per heavy atom. The topological polar surface area (TPSA) is 26.0 Å². The smallest absolute Gasteiger partial charge is 0.0346 e. The van der Waals surface area contributed by atoms with Gasteiger partial charge in [0.25, 0.3) is 0 Å². The standard InChI is InChI=1S/C16H19N/c1-2-6-16(17)15-11-9-14(10-12-15)13-7-4-3-5-8-13/h3-4,6-7,9-12H,2,5,8,17H2,1H3. The summed E-state index contributed by atoms with van der Waals surface area (Å²) in [5, 5.41) is 0. The second-order valence-corrected chi connectivity index (χ2v) is 4.30. The number of nitrogens with two attached hydrogens (primary N) is 1. The summed E-state index contributed by atoms with van der Waals surface area (Å²) >= 11 is 0. The van der Waals surface area contributed by atoms with Crippen LogP contribution in [-0.4, -0.2) is 0 Å². The third kappa shape index (κ3) is 2.88. The van der Waals surface area contributed by atoms with Gasteiger partial charge >= 0.3 is 0 Å². The Balaban J connectivity index is 2.21. The first-order valence-corrected chi connectivity index (χ1v) is 6.23. The molecule has 0 radical (unpaired) electrons. The fourth-order valence-corrected chi connectivity index (χ4v) is 2.06. The summed E-state index contributed by atoms with van der Waals surface area (Å²) in [5.74, 6) is 0. The fourth-order valence-electron chi connectivity index (χ4n) is 2.06. The Hall–Kier alpha value is -1.76. The molecule has 0 aliphatic heterocycles. The normalized spacial score (nSPS) is 15.8. The average molecular weight is 225 g/mol. The second-order valence-electron chi connectivity index (χ2n) is 4.30. The van der Waals surface area contributed by atoms with Crippen LogP contribution >= 0.6 is 0 Å². The van der Waals surface area contributed by atoms with Gasteiger partial charge in [-0.15, -0.1) is 0 Å². The van der Waals surface area contributed by atoms with E-state index >= 15 is 0 Å². The molecule has 0 bridgehead atoms. The lowest BCUT2D eigenvalue weighted by atomic mass is 9.96. The zero-order valence-corrected chi connectivity index (χ0v) is 10.3. The lowest BCUT2D eigenvalue weighted by Gasteiger charge is -2.10. The molecule has 0 saturated carbocycles. The summed E-state index contributed by atoms with van der Waals surface area (Å²) in [6, 6.07) is 8.54. The minimum atomic E-state index is 0.872. The van der Waals surface area contributed by atoms with Gasteiger partial charge in [-0.25, -0.2) is 0 Å². The molecule has 1 aliphatic rings. The first-order chi connectivity index (χ1) is 8.31. The van der Waals surface area contributed by atoms with Gasteiger partial charge in [0, 0.05) is 5.70 Å². The van der Waals surface area contributed by atoms with Crippen LogP contribution in [0.4, 0.5) is 0 Å². The molecule has 0 unspecified atom stereocenters. The van der Waals surface area contributed by atoms with Crippen molar-refractivity contribution < 1.29 is 0 Å². The van der Waals surface area contributed by atoms with Crippen LogP contribution in [0.15, 0.2) is 48.6 Å². The SMILES string of the molecule is CCC=C(N)c1ccc(C2=CC=CCC2)cc1. The molecular formula is C16H19N. The molecule has 0 heterocycles. The predicted octanol–water partition coefficient (Wildman–Crippen LogP) is 4.13. The highest BCUT2D eigenvalue weighted by atomic mass is 14.6. The minimum Gasteiger partial charge on any atom is -0.399 e. The van der Waals surface area contributed by atoms with Gasteiger partial charge in [-0.3, -0.25) is 0 Å². The summed E-state index contributed by atoms with van der Waals surface area (Å²) in [6.07, 6.45) is 11.9. The van der Waals surface area contributed by atoms with E-state index in [4.69, 9.17) is 5.73 Å². The van der Waals surface area contributed by atoms with Crippen LogP contribution in [0, 0.1) is 0 Å². The minimum absolute atomic E-state index is 0.872. The van der Waals surface area contributed by atoms with Gasteiger partial charge in [0.05, 0.1) is 0 Å². The zero-order chi connectivity index (χ0) is 12.1. The van der Waals surface area contributed by atoms with Gasteiger partial charge in [-0.2, -0.15) is 0 Å². The second kappa shape index (κ2) is 5.53. The molecule has 2 rings (SSSR count). The van der Waals surface area contributed by atoms with E-state index in [1.807, 2.05) is 0 Å². The van der Waals surface area contributed by atoms with Crippen LogP contribution in [0.3, 0.4) is 0 Å². The molecule has 0 amide bonds. The molecule has 1 aromatic rings. The van der Waals surface area contributed by atoms with E-state index in [-0.39, 0.29) is 0 Å². The molecule has 0 atom stereocenters. The quantitative estimate of drug-likeness (QED) is 0.822. The molecule has 0 fully saturated rings. The van der Waals surface area contributed by atoms with Crippen LogP contribution in [0.25, 0.3) is 11.3 Å². The number of benzene rings is 1. The van der Waals surface area contributed by atoms with Gasteiger partial charge in [-0.05, 0) is 36.0 Å². The number of hydrogen-bond donors (Lipinski definition) is 1. The van der Waals surface area contributed by atoms with Crippen molar-refractivity contribution in [3.63, 3.8) is 0 Å². The molecule has 1 aliphatic carbocycles. The van der Waals surface area contributed by atoms with Crippen LogP contribution in [0.1, 0.15) is 37.3 Å². The highest BCUT2D eigenvalue weighted by Crippen LogP contribution is 2.24. The lowest BCUT2D eigenvalue weighted by molar-refractivity contribution is 1.05. The monoisotopic (exact) mass is 225 g/mol. The molecule has 2 N–H and O–H groups in total. The predicted molar refractivity (Wildman–Crippen MR) is 75.2 cm³/mol. The van der Waals surface area contributed by atoms with Crippen LogP contribution < -0.4 is 5.73 Å². The van der Waals surface area contributed by atoms with E-state index in [0.717, 1.165) is 30.5 Å². The Kier molecular flexibility index (Phi) is 3.81. The third-order valence-electron chi connectivity index (χ3n) is 3.03. The fraction of sp³-hybridized carbons (Fsp3) is 0.250. The van der Waals surface area contributed by atoms with Gasteiger partial charge in [0.1, 0.15) is 0 Å². The molecule has 1 aromatic carbocycles. The molecule has 1 heteroatoms. The number of rotatable bonds is 3. The Morgan fingerprint density at radius 3 is 2.65 bits per heavy atom. The first kappa shape index (κ1) is 11.7. The maximum absolute atomic E-state index is 5.97. The van der Waals surface area contributed by atoms with Crippen molar-refractivity contribution in [2.45, 2.75) is 26.2 Å². The summed E-state index contributed by atoms with van der Waals surface area (Å²) in [5.41, 5.74) is 10.7. The van der Waals surface area contributed by atoms with Crippen molar-refractivity contribution in [2.24, 2.45) is 5.73 Å². The summed E-state index contributed by atoms with van der Waals surface area (Å²) in [4.78, 5) is 0. The van der Waals surface area contributed by atoms with Crippen LogP contribution in [0.2, 0.25) is 0 Å². The van der Waals surface area contributed by atoms with Crippen molar-refractivity contribution in [1.82, 2.24) is 0 Å². The Labute approximate surface area is 103 Å². The van der Waals surface area contributed by atoms with Crippen molar-refractivity contribution in [3.05, 3.63) is 59.7 Å². The highest BCUT2D eigenvalue weighted by Gasteiger charge is 2.03. The Bertz CT molecular complexity index is 461. The number of hydrogen-bond acceptors (Lipinski definition) is 1. The summed E-state index contributed by atoms with van der Waals surface area (Å²) in [7, 11) is 0. The first-order valence-electron chi connectivity index (χ1n) is 6.23. The molecule has 1 nitrogen and oxygen atoms in total. The summed E-state index contributed by atoms with van der Waals surface area (Å²) < 4.78 is 0. The molecule has 88 valence electrons. The lowest BCUT2D eigenvalue weighted by Crippen LogP contribution is -1.96. The van der Waals surface area contributed by atoms with E-state index in [0.29, 0.717) is 0 Å². The van der Waals surface area contributed by atoms with Crippen molar-refractivity contribution in [1.29, 1.82) is 0 Å². The molecule has 17 heavy (non-hydrogen) atoms. The maximum atomic E-state index is 5.97. The van der Waals surface area contributed by atoms with E-state index in [9.17, 15) is 0 Å². The van der Waals surface area contributed by atoms with Crippen LogP contribution in [0.5, 0.6) is 0 Å². The van der Waals surface area contributed by atoms with E-state index < -0.39 is 0 Å². The summed E-state index contributed by atoms with van der Waals surface area (Å²) in [6.45, 7) is 2.10. The average Bonchev–Trinajstić information content (AvgIpc) is 2.40. The van der Waals surface area contributed by atoms with Gasteiger partial charge in [-0.1, -0.05) is 55.5 Å². The van der Waals surface area contributed by atoms with Gasteiger partial charge < -0.3 is 5.73 Å². The maximum Gasteiger partial charge on any atom is 0.0346 e. The zero-order valence-electron chi connectivity index (χ0n) is 10.3. The van der Waals surface area contributed by atoms with Gasteiger partial charge in [0.15, 0.2) is 0 Å². The van der Waals surface area contributed by atoms with Crippen molar-refractivity contribution >= 4 is 11.3 Å². The molecule has 0 saturated heterocycles. The van der Waals surface area contributed by atoms with Gasteiger partial charge in [0.2, 0.25) is 0 Å². The van der Waals surface area contributed by atoms with E-state index in [1.54, 1.807) is 0 Å². The number of allylic oxidation sites excluding steroid dienone is 5. The van der Waals surface area contributed by atoms with E-state index in [1.165, 1.54) is 11.1 Å². The third-order valence-corrected chi connectivity index (χ3v) is 3.03.